The Morgan fingerprint density at radius 1 is 1.21 bits per heavy atom. The predicted octanol–water partition coefficient (Wildman–Crippen LogP) is 0.796. The van der Waals surface area contributed by atoms with Crippen LogP contribution in [-0.2, 0) is 16.4 Å². The molecule has 3 nitrogen and oxygen atoms in total. The molecule has 1 aromatic rings. The quantitative estimate of drug-likeness (QED) is 0.820. The average Bonchev–Trinajstić information content (AvgIpc) is 2.06. The van der Waals surface area contributed by atoms with Gasteiger partial charge in [0, 0.05) is 0 Å². The summed E-state index contributed by atoms with van der Waals surface area (Å²) < 4.78 is 46.2. The molecule has 0 fully saturated rings. The normalized spacial score (nSPS) is 11.6. The highest BCUT2D eigenvalue weighted by atomic mass is 32.2. The fraction of sp³-hybridized carbons (Fsp3) is 0.250. The molecule has 78 valence electrons. The van der Waals surface area contributed by atoms with Crippen LogP contribution < -0.4 is 5.14 Å². The fourth-order valence-corrected chi connectivity index (χ4v) is 1.48. The van der Waals surface area contributed by atoms with Gasteiger partial charge in [0.25, 0.3) is 0 Å². The van der Waals surface area contributed by atoms with Crippen molar-refractivity contribution in [2.75, 3.05) is 5.75 Å². The van der Waals surface area contributed by atoms with Gasteiger partial charge in [-0.05, 0) is 24.1 Å². The second kappa shape index (κ2) is 4.02. The second-order valence-corrected chi connectivity index (χ2v) is 4.60. The molecule has 0 aliphatic rings. The number of hydrogen-bond donors (Lipinski definition) is 1. The molecule has 1 aromatic carbocycles. The Morgan fingerprint density at radius 3 is 2.36 bits per heavy atom. The molecule has 2 N–H and O–H groups in total. The Balaban J connectivity index is 2.74. The molecule has 0 amide bonds. The maximum atomic E-state index is 12.6. The fourth-order valence-electron chi connectivity index (χ4n) is 0.955. The van der Waals surface area contributed by atoms with E-state index in [9.17, 15) is 17.2 Å². The highest BCUT2D eigenvalue weighted by Gasteiger charge is 2.06. The van der Waals surface area contributed by atoms with Crippen LogP contribution in [0.1, 0.15) is 5.56 Å². The minimum absolute atomic E-state index is 0.0794. The van der Waals surface area contributed by atoms with Crippen molar-refractivity contribution in [3.05, 3.63) is 35.4 Å². The Bertz CT molecular complexity index is 431. The molecule has 0 aromatic heterocycles. The van der Waals surface area contributed by atoms with Gasteiger partial charge in [-0.3, -0.25) is 0 Å². The Hall–Kier alpha value is -1.01. The van der Waals surface area contributed by atoms with Crippen LogP contribution in [-0.4, -0.2) is 14.2 Å². The largest absolute Gasteiger partial charge is 0.229 e. The summed E-state index contributed by atoms with van der Waals surface area (Å²) in [5, 5.41) is 4.76. The van der Waals surface area contributed by atoms with Gasteiger partial charge in [0.05, 0.1) is 5.75 Å². The van der Waals surface area contributed by atoms with Gasteiger partial charge < -0.3 is 0 Å². The molecule has 0 heterocycles. The number of halogens is 2. The first-order chi connectivity index (χ1) is 6.38. The van der Waals surface area contributed by atoms with E-state index in [1.807, 2.05) is 0 Å². The van der Waals surface area contributed by atoms with Crippen LogP contribution in [0.5, 0.6) is 0 Å². The monoisotopic (exact) mass is 221 g/mol. The first-order valence-corrected chi connectivity index (χ1v) is 5.54. The highest BCUT2D eigenvalue weighted by molar-refractivity contribution is 7.89. The van der Waals surface area contributed by atoms with Crippen molar-refractivity contribution < 1.29 is 17.2 Å². The molecule has 0 radical (unpaired) electrons. The molecule has 0 atom stereocenters. The lowest BCUT2D eigenvalue weighted by atomic mass is 10.2. The number of nitrogens with two attached hydrogens (primary N) is 1. The van der Waals surface area contributed by atoms with E-state index in [0.717, 1.165) is 12.1 Å². The first-order valence-electron chi connectivity index (χ1n) is 3.83. The number of primary sulfonamides is 1. The molecule has 0 saturated heterocycles. The summed E-state index contributed by atoms with van der Waals surface area (Å²) in [7, 11) is -3.56. The van der Waals surface area contributed by atoms with E-state index >= 15 is 0 Å². The van der Waals surface area contributed by atoms with Crippen molar-refractivity contribution in [2.24, 2.45) is 5.14 Å². The standard InChI is InChI=1S/C8H9F2NO2S/c9-7-2-1-6(5-8(7)10)3-4-14(11,12)13/h1-2,5H,3-4H2,(H2,11,12,13). The summed E-state index contributed by atoms with van der Waals surface area (Å²) in [6, 6.07) is 3.23. The predicted molar refractivity (Wildman–Crippen MR) is 48.0 cm³/mol. The van der Waals surface area contributed by atoms with Gasteiger partial charge in [0.2, 0.25) is 10.0 Å². The van der Waals surface area contributed by atoms with E-state index in [4.69, 9.17) is 5.14 Å². The number of sulfonamides is 1. The van der Waals surface area contributed by atoms with E-state index in [-0.39, 0.29) is 12.2 Å². The third-order valence-electron chi connectivity index (χ3n) is 1.66. The van der Waals surface area contributed by atoms with Crippen LogP contribution in [0, 0.1) is 11.6 Å². The summed E-state index contributed by atoms with van der Waals surface area (Å²) >= 11 is 0. The van der Waals surface area contributed by atoms with Gasteiger partial charge in [-0.2, -0.15) is 0 Å². The van der Waals surface area contributed by atoms with Crippen molar-refractivity contribution in [1.29, 1.82) is 0 Å². The number of hydrogen-bond acceptors (Lipinski definition) is 2. The third kappa shape index (κ3) is 3.39. The average molecular weight is 221 g/mol. The zero-order valence-corrected chi connectivity index (χ0v) is 8.02. The highest BCUT2D eigenvalue weighted by Crippen LogP contribution is 2.09. The molecule has 1 rings (SSSR count). The molecule has 14 heavy (non-hydrogen) atoms. The SMILES string of the molecule is NS(=O)(=O)CCc1ccc(F)c(F)c1. The summed E-state index contributed by atoms with van der Waals surface area (Å²) in [6.45, 7) is 0. The lowest BCUT2D eigenvalue weighted by Crippen LogP contribution is -2.18. The van der Waals surface area contributed by atoms with E-state index in [2.05, 4.69) is 0 Å². The minimum Gasteiger partial charge on any atom is -0.229 e. The summed E-state index contributed by atoms with van der Waals surface area (Å²) in [4.78, 5) is 0. The summed E-state index contributed by atoms with van der Waals surface area (Å²) in [6.07, 6.45) is 0.0794. The van der Waals surface area contributed by atoms with Gasteiger partial charge in [0.1, 0.15) is 0 Å². The Morgan fingerprint density at radius 2 is 1.86 bits per heavy atom. The molecular weight excluding hydrogens is 212 g/mol. The van der Waals surface area contributed by atoms with Crippen LogP contribution in [0.25, 0.3) is 0 Å². The maximum Gasteiger partial charge on any atom is 0.209 e. The second-order valence-electron chi connectivity index (χ2n) is 2.87. The lowest BCUT2D eigenvalue weighted by Gasteiger charge is -2.00. The molecular formula is C8H9F2NO2S. The van der Waals surface area contributed by atoms with Gasteiger partial charge in [-0.25, -0.2) is 22.3 Å². The number of aryl methyl sites for hydroxylation is 1. The molecule has 0 aliphatic carbocycles. The van der Waals surface area contributed by atoms with Gasteiger partial charge in [0.15, 0.2) is 11.6 Å². The maximum absolute atomic E-state index is 12.6. The first kappa shape index (κ1) is 11.1. The van der Waals surface area contributed by atoms with Gasteiger partial charge in [-0.15, -0.1) is 0 Å². The van der Waals surface area contributed by atoms with Crippen LogP contribution in [0.2, 0.25) is 0 Å². The van der Waals surface area contributed by atoms with Crippen LogP contribution >= 0.6 is 0 Å². The zero-order valence-electron chi connectivity index (χ0n) is 7.20. The Kier molecular flexibility index (Phi) is 3.17. The summed E-state index contributed by atoms with van der Waals surface area (Å²) in [5.41, 5.74) is 0.401. The van der Waals surface area contributed by atoms with E-state index in [0.29, 0.717) is 5.56 Å². The van der Waals surface area contributed by atoms with E-state index in [1.54, 1.807) is 0 Å². The molecule has 0 aliphatic heterocycles. The van der Waals surface area contributed by atoms with Gasteiger partial charge in [-0.1, -0.05) is 6.07 Å². The van der Waals surface area contributed by atoms with E-state index < -0.39 is 21.7 Å². The van der Waals surface area contributed by atoms with Crippen LogP contribution in [0.4, 0.5) is 8.78 Å². The number of rotatable bonds is 3. The zero-order chi connectivity index (χ0) is 10.8. The molecule has 0 bridgehead atoms. The van der Waals surface area contributed by atoms with Crippen molar-refractivity contribution in [3.8, 4) is 0 Å². The van der Waals surface area contributed by atoms with Gasteiger partial charge >= 0.3 is 0 Å². The van der Waals surface area contributed by atoms with Crippen molar-refractivity contribution >= 4 is 10.0 Å². The third-order valence-corrected chi connectivity index (χ3v) is 2.43. The molecule has 6 heteroatoms. The van der Waals surface area contributed by atoms with Crippen molar-refractivity contribution in [3.63, 3.8) is 0 Å². The van der Waals surface area contributed by atoms with Crippen molar-refractivity contribution in [1.82, 2.24) is 0 Å². The van der Waals surface area contributed by atoms with Crippen LogP contribution in [0.3, 0.4) is 0 Å². The molecule has 0 saturated carbocycles. The lowest BCUT2D eigenvalue weighted by molar-refractivity contribution is 0.507. The van der Waals surface area contributed by atoms with Crippen LogP contribution in [0.15, 0.2) is 18.2 Å². The smallest absolute Gasteiger partial charge is 0.209 e. The topological polar surface area (TPSA) is 60.2 Å². The summed E-state index contributed by atoms with van der Waals surface area (Å²) in [5.74, 6) is -2.22. The molecule has 0 spiro atoms. The number of benzene rings is 1. The molecule has 0 unspecified atom stereocenters. The minimum atomic E-state index is -3.56. The van der Waals surface area contributed by atoms with E-state index in [1.165, 1.54) is 6.07 Å². The Labute approximate surface area is 80.6 Å². The van der Waals surface area contributed by atoms with Crippen molar-refractivity contribution in [2.45, 2.75) is 6.42 Å².